The Morgan fingerprint density at radius 2 is 1.56 bits per heavy atom. The molecule has 2 fully saturated rings. The van der Waals surface area contributed by atoms with Crippen LogP contribution in [0.1, 0.15) is 60.9 Å². The molecule has 0 unspecified atom stereocenters. The monoisotopic (exact) mass is 618 g/mol. The third-order valence-electron chi connectivity index (χ3n) is 8.68. The summed E-state index contributed by atoms with van der Waals surface area (Å²) in [4.78, 5) is 36.2. The van der Waals surface area contributed by atoms with Crippen LogP contribution in [0.4, 0.5) is 5.69 Å². The van der Waals surface area contributed by atoms with E-state index in [9.17, 15) is 9.59 Å². The average Bonchev–Trinajstić information content (AvgIpc) is 3.49. The molecule has 5 rings (SSSR count). The number of rotatable bonds is 14. The summed E-state index contributed by atoms with van der Waals surface area (Å²) in [5.41, 5.74) is 2.11. The van der Waals surface area contributed by atoms with Crippen LogP contribution in [0.3, 0.4) is 0 Å². The summed E-state index contributed by atoms with van der Waals surface area (Å²) in [5.74, 6) is 2.59. The van der Waals surface area contributed by atoms with Gasteiger partial charge in [-0.25, -0.2) is 0 Å². The number of carbonyl (C=O) groups excluding carboxylic acids is 2. The Hall–Kier alpha value is -4.05. The first-order valence-electron chi connectivity index (χ1n) is 16.1. The molecule has 3 aliphatic rings. The van der Waals surface area contributed by atoms with Gasteiger partial charge in [-0.2, -0.15) is 0 Å². The lowest BCUT2D eigenvalue weighted by atomic mass is 10.1. The van der Waals surface area contributed by atoms with Crippen molar-refractivity contribution in [3.05, 3.63) is 47.5 Å². The molecule has 3 heterocycles. The van der Waals surface area contributed by atoms with Crippen molar-refractivity contribution >= 4 is 29.8 Å². The highest BCUT2D eigenvalue weighted by Gasteiger charge is 2.32. The summed E-state index contributed by atoms with van der Waals surface area (Å²) < 4.78 is 23.2. The molecule has 3 aliphatic heterocycles. The molecule has 0 aromatic heterocycles. The second kappa shape index (κ2) is 15.8. The number of hydrogen-bond acceptors (Lipinski definition) is 8. The van der Waals surface area contributed by atoms with Crippen molar-refractivity contribution < 1.29 is 28.5 Å². The lowest BCUT2D eigenvalue weighted by Crippen LogP contribution is -2.46. The van der Waals surface area contributed by atoms with Crippen LogP contribution in [0.2, 0.25) is 0 Å². The van der Waals surface area contributed by atoms with Gasteiger partial charge >= 0.3 is 0 Å². The molecule has 2 aromatic rings. The normalized spacial score (nSPS) is 18.1. The van der Waals surface area contributed by atoms with Gasteiger partial charge in [-0.05, 0) is 62.6 Å². The highest BCUT2D eigenvalue weighted by molar-refractivity contribution is 6.03. The summed E-state index contributed by atoms with van der Waals surface area (Å²) in [6.45, 7) is 5.26. The van der Waals surface area contributed by atoms with Crippen LogP contribution in [-0.2, 0) is 4.79 Å². The van der Waals surface area contributed by atoms with Crippen LogP contribution in [0, 0.1) is 0 Å². The minimum Gasteiger partial charge on any atom is -0.493 e. The molecule has 1 atom stereocenters. The van der Waals surface area contributed by atoms with E-state index in [2.05, 4.69) is 16.9 Å². The van der Waals surface area contributed by atoms with Crippen molar-refractivity contribution in [1.82, 2.24) is 14.7 Å². The number of nitrogens with zero attached hydrogens (tertiary/aromatic N) is 4. The molecule has 45 heavy (non-hydrogen) atoms. The predicted molar refractivity (Wildman–Crippen MR) is 175 cm³/mol. The van der Waals surface area contributed by atoms with Crippen LogP contribution in [-0.4, -0.2) is 106 Å². The number of ether oxygens (including phenoxy) is 4. The molecule has 0 saturated carbocycles. The smallest absolute Gasteiger partial charge is 0.256 e. The minimum absolute atomic E-state index is 0.0105. The van der Waals surface area contributed by atoms with Gasteiger partial charge in [0.2, 0.25) is 5.91 Å². The number of piperazine rings is 1. The fourth-order valence-corrected chi connectivity index (χ4v) is 5.93. The molecule has 2 aromatic carbocycles. The number of fused-ring (bicyclic) bond motifs is 2. The van der Waals surface area contributed by atoms with Gasteiger partial charge in [0.1, 0.15) is 0 Å². The zero-order valence-corrected chi connectivity index (χ0v) is 26.8. The SMILES string of the molecule is COc1cc(/C=C/C(=O)N2CCN(C)CC2)ccc1OCCCCCCCOc1cc2c(cc1OC)C(=O)N1CCC[C@H]1C=N2. The molecule has 0 N–H and O–H groups in total. The highest BCUT2D eigenvalue weighted by Crippen LogP contribution is 2.38. The second-order valence-electron chi connectivity index (χ2n) is 11.8. The molecule has 0 aliphatic carbocycles. The number of carbonyl (C=O) groups is 2. The maximum atomic E-state index is 13.0. The van der Waals surface area contributed by atoms with Crippen molar-refractivity contribution in [1.29, 1.82) is 0 Å². The fraction of sp³-hybridized carbons (Fsp3) is 0.514. The zero-order chi connectivity index (χ0) is 31.6. The van der Waals surface area contributed by atoms with E-state index >= 15 is 0 Å². The Labute approximate surface area is 266 Å². The molecule has 10 nitrogen and oxygen atoms in total. The molecule has 0 radical (unpaired) electrons. The largest absolute Gasteiger partial charge is 0.493 e. The van der Waals surface area contributed by atoms with E-state index in [1.165, 1.54) is 0 Å². The zero-order valence-electron chi connectivity index (χ0n) is 26.8. The van der Waals surface area contributed by atoms with Crippen LogP contribution in [0.15, 0.2) is 41.4 Å². The van der Waals surface area contributed by atoms with Gasteiger partial charge in [0, 0.05) is 51.1 Å². The molecule has 0 bridgehead atoms. The van der Waals surface area contributed by atoms with Gasteiger partial charge in [0.15, 0.2) is 23.0 Å². The number of benzene rings is 2. The Bertz CT molecular complexity index is 1380. The third kappa shape index (κ3) is 8.36. The topological polar surface area (TPSA) is 93.1 Å². The first kappa shape index (κ1) is 32.3. The van der Waals surface area contributed by atoms with E-state index in [0.717, 1.165) is 83.2 Å². The standard InChI is InChI=1S/C35H46N4O6/c1-37-16-18-38(19-17-37)34(40)14-12-26-11-13-30(31(22-26)42-2)44-20-7-5-4-6-8-21-45-33-24-29-28(23-32(33)43-3)35(41)39-15-9-10-27(39)25-36-29/h11-14,22-25,27H,4-10,15-21H2,1-3H3/b14-12+/t27-/m0/s1. The van der Waals surface area contributed by atoms with Crippen molar-refractivity contribution in [2.45, 2.75) is 51.0 Å². The van der Waals surface area contributed by atoms with Crippen LogP contribution in [0.5, 0.6) is 23.0 Å². The lowest BCUT2D eigenvalue weighted by molar-refractivity contribution is -0.127. The van der Waals surface area contributed by atoms with E-state index in [1.807, 2.05) is 46.4 Å². The van der Waals surface area contributed by atoms with E-state index in [-0.39, 0.29) is 17.9 Å². The van der Waals surface area contributed by atoms with Crippen molar-refractivity contribution in [3.8, 4) is 23.0 Å². The lowest BCUT2D eigenvalue weighted by Gasteiger charge is -2.31. The molecular weight excluding hydrogens is 572 g/mol. The number of amides is 2. The molecule has 242 valence electrons. The molecule has 2 saturated heterocycles. The van der Waals surface area contributed by atoms with Gasteiger partial charge in [-0.1, -0.05) is 25.3 Å². The number of hydrogen-bond donors (Lipinski definition) is 0. The van der Waals surface area contributed by atoms with Crippen molar-refractivity contribution in [2.24, 2.45) is 4.99 Å². The van der Waals surface area contributed by atoms with Gasteiger partial charge in [-0.3, -0.25) is 14.6 Å². The van der Waals surface area contributed by atoms with E-state index in [4.69, 9.17) is 18.9 Å². The average molecular weight is 619 g/mol. The van der Waals surface area contributed by atoms with E-state index in [1.54, 1.807) is 26.4 Å². The van der Waals surface area contributed by atoms with Gasteiger partial charge in [-0.15, -0.1) is 0 Å². The summed E-state index contributed by atoms with van der Waals surface area (Å²) in [6.07, 6.45) is 12.3. The Morgan fingerprint density at radius 3 is 2.29 bits per heavy atom. The number of likely N-dealkylation sites (N-methyl/N-ethyl adjacent to an activating group) is 1. The fourth-order valence-electron chi connectivity index (χ4n) is 5.93. The number of aliphatic imine (C=N–C) groups is 1. The summed E-state index contributed by atoms with van der Waals surface area (Å²) in [7, 11) is 5.30. The van der Waals surface area contributed by atoms with E-state index < -0.39 is 0 Å². The number of methoxy groups -OCH3 is 2. The van der Waals surface area contributed by atoms with Gasteiger partial charge in [0.25, 0.3) is 5.91 Å². The Morgan fingerprint density at radius 1 is 0.867 bits per heavy atom. The summed E-state index contributed by atoms with van der Waals surface area (Å²) in [6, 6.07) is 9.41. The molecule has 10 heteroatoms. The van der Waals surface area contributed by atoms with Crippen LogP contribution < -0.4 is 18.9 Å². The Kier molecular flexibility index (Phi) is 11.4. The second-order valence-corrected chi connectivity index (χ2v) is 11.8. The van der Waals surface area contributed by atoms with Crippen LogP contribution >= 0.6 is 0 Å². The maximum Gasteiger partial charge on any atom is 0.256 e. The quantitative estimate of drug-likeness (QED) is 0.212. The summed E-state index contributed by atoms with van der Waals surface area (Å²) >= 11 is 0. The van der Waals surface area contributed by atoms with Crippen molar-refractivity contribution in [3.63, 3.8) is 0 Å². The molecule has 2 amide bonds. The molecular formula is C35H46N4O6. The third-order valence-corrected chi connectivity index (χ3v) is 8.68. The van der Waals surface area contributed by atoms with Gasteiger partial charge < -0.3 is 33.6 Å². The maximum absolute atomic E-state index is 13.0. The first-order valence-corrected chi connectivity index (χ1v) is 16.1. The summed E-state index contributed by atoms with van der Waals surface area (Å²) in [5, 5.41) is 0. The highest BCUT2D eigenvalue weighted by atomic mass is 16.5. The van der Waals surface area contributed by atoms with Gasteiger partial charge in [0.05, 0.1) is 44.7 Å². The van der Waals surface area contributed by atoms with E-state index in [0.29, 0.717) is 47.5 Å². The minimum atomic E-state index is 0.0105. The number of unbranched alkanes of at least 4 members (excludes halogenated alkanes) is 4. The molecule has 0 spiro atoms. The van der Waals surface area contributed by atoms with Crippen molar-refractivity contribution in [2.75, 3.05) is 67.2 Å². The Balaban J connectivity index is 0.998. The first-order chi connectivity index (χ1) is 22.0. The van der Waals surface area contributed by atoms with Crippen LogP contribution in [0.25, 0.3) is 6.08 Å². The predicted octanol–water partition coefficient (Wildman–Crippen LogP) is 5.22.